The van der Waals surface area contributed by atoms with Crippen LogP contribution in [-0.2, 0) is 21.2 Å². The van der Waals surface area contributed by atoms with E-state index in [4.69, 9.17) is 37.4 Å². The second-order valence-corrected chi connectivity index (χ2v) is 13.6. The van der Waals surface area contributed by atoms with Crippen LogP contribution in [0.1, 0.15) is 53.3 Å². The molecule has 0 aliphatic heterocycles. The Morgan fingerprint density at radius 1 is 0.978 bits per heavy atom. The van der Waals surface area contributed by atoms with E-state index in [0.717, 1.165) is 44.3 Å². The Morgan fingerprint density at radius 3 is 2.16 bits per heavy atom. The molecule has 2 aliphatic rings. The van der Waals surface area contributed by atoms with Crippen LogP contribution in [0.25, 0.3) is 0 Å². The number of hydrogen-bond acceptors (Lipinski definition) is 8. The maximum Gasteiger partial charge on any atom is 0.387 e. The molecule has 1 aromatic heterocycles. The minimum atomic E-state index is -3.73. The number of ether oxygens (including phenoxy) is 4. The molecular weight excluding hydrogens is 657 g/mol. The molecule has 45 heavy (non-hydrogen) atoms. The first kappa shape index (κ1) is 32.8. The average Bonchev–Trinajstić information content (AvgIpc) is 3.87. The summed E-state index contributed by atoms with van der Waals surface area (Å²) in [5, 5.41) is 11.9. The summed E-state index contributed by atoms with van der Waals surface area (Å²) in [4.78, 5) is 13.6. The number of nitrogens with zero attached hydrogens (tertiary/aromatic N) is 1. The summed E-state index contributed by atoms with van der Waals surface area (Å²) >= 11 is 12.7. The Balaban J connectivity index is 1.47. The zero-order valence-corrected chi connectivity index (χ0v) is 26.3. The zero-order chi connectivity index (χ0) is 32.3. The van der Waals surface area contributed by atoms with Crippen molar-refractivity contribution in [3.63, 3.8) is 0 Å². The molecule has 0 amide bonds. The highest BCUT2D eigenvalue weighted by Gasteiger charge is 2.28. The molecule has 0 spiro atoms. The molecule has 0 bridgehead atoms. The minimum Gasteiger partial charge on any atom is -0.619 e. The number of esters is 1. The summed E-state index contributed by atoms with van der Waals surface area (Å²) in [6.45, 7) is -2.40. The molecule has 10 nitrogen and oxygen atoms in total. The van der Waals surface area contributed by atoms with Gasteiger partial charge in [-0.15, -0.1) is 0 Å². The molecule has 0 saturated heterocycles. The normalized spacial score (nSPS) is 15.4. The van der Waals surface area contributed by atoms with Gasteiger partial charge in [0.15, 0.2) is 23.9 Å². The number of rotatable bonds is 15. The van der Waals surface area contributed by atoms with Gasteiger partial charge in [-0.2, -0.15) is 13.5 Å². The molecule has 2 aromatic carbocycles. The fourth-order valence-corrected chi connectivity index (χ4v) is 5.57. The number of alkyl halides is 2. The third kappa shape index (κ3) is 9.47. The van der Waals surface area contributed by atoms with Gasteiger partial charge in [-0.25, -0.2) is 13.2 Å². The molecule has 1 atom stereocenters. The topological polar surface area (TPSA) is 127 Å². The molecule has 1 heterocycles. The highest BCUT2D eigenvalue weighted by Crippen LogP contribution is 2.39. The van der Waals surface area contributed by atoms with Crippen molar-refractivity contribution in [2.45, 2.75) is 44.8 Å². The van der Waals surface area contributed by atoms with Crippen molar-refractivity contribution in [3.05, 3.63) is 80.7 Å². The summed E-state index contributed by atoms with van der Waals surface area (Å²) in [7, 11) is -3.73. The van der Waals surface area contributed by atoms with Crippen molar-refractivity contribution >= 4 is 44.9 Å². The van der Waals surface area contributed by atoms with E-state index in [9.17, 15) is 27.2 Å². The van der Waals surface area contributed by atoms with Crippen LogP contribution in [0, 0.1) is 17.0 Å². The smallest absolute Gasteiger partial charge is 0.387 e. The molecule has 0 unspecified atom stereocenters. The fourth-order valence-electron chi connectivity index (χ4n) is 4.41. The van der Waals surface area contributed by atoms with E-state index in [1.807, 2.05) is 0 Å². The number of carbonyl (C=O) groups excluding carboxylic acids is 1. The molecule has 2 aliphatic carbocycles. The summed E-state index contributed by atoms with van der Waals surface area (Å²) < 4.78 is 75.3. The molecular formula is C30H30Cl2F2N2O8S. The maximum absolute atomic E-state index is 13.6. The first-order valence-corrected chi connectivity index (χ1v) is 16.7. The van der Waals surface area contributed by atoms with Gasteiger partial charge in [-0.05, 0) is 73.4 Å². The van der Waals surface area contributed by atoms with Gasteiger partial charge in [0.1, 0.15) is 21.9 Å². The minimum absolute atomic E-state index is 0.00422. The second-order valence-electron chi connectivity index (χ2n) is 11.1. The summed E-state index contributed by atoms with van der Waals surface area (Å²) in [6.07, 6.45) is 5.88. The van der Waals surface area contributed by atoms with Crippen LogP contribution < -0.4 is 23.7 Å². The van der Waals surface area contributed by atoms with Crippen molar-refractivity contribution in [1.29, 1.82) is 0 Å². The highest BCUT2D eigenvalue weighted by atomic mass is 35.5. The lowest BCUT2D eigenvalue weighted by atomic mass is 10.0. The molecule has 242 valence electrons. The second kappa shape index (κ2) is 13.8. The fraction of sp³-hybridized carbons (Fsp3) is 0.400. The van der Waals surface area contributed by atoms with Crippen molar-refractivity contribution in [1.82, 2.24) is 0 Å². The number of aromatic nitrogens is 1. The van der Waals surface area contributed by atoms with E-state index >= 15 is 0 Å². The number of pyridine rings is 1. The van der Waals surface area contributed by atoms with E-state index in [1.165, 1.54) is 36.4 Å². The predicted molar refractivity (Wildman–Crippen MR) is 162 cm³/mol. The van der Waals surface area contributed by atoms with E-state index < -0.39 is 28.7 Å². The van der Waals surface area contributed by atoms with Gasteiger partial charge in [-0.3, -0.25) is 4.72 Å². The maximum atomic E-state index is 13.6. The Labute approximate surface area is 268 Å². The number of sulfonamides is 1. The largest absolute Gasteiger partial charge is 0.619 e. The van der Waals surface area contributed by atoms with Crippen LogP contribution in [0.2, 0.25) is 10.0 Å². The molecule has 0 radical (unpaired) electrons. The Kier molecular flexibility index (Phi) is 10.1. The SMILES string of the molecule is CS(=O)(=O)Nc1cc(C(=O)O[C@@H](Cc2c(Cl)c[n+]([O-])cc2Cl)c2ccc(OC(F)F)c(OCC3CC3)c2)ccc1OCC1CC1. The van der Waals surface area contributed by atoms with Gasteiger partial charge in [-0.1, -0.05) is 29.3 Å². The van der Waals surface area contributed by atoms with Gasteiger partial charge < -0.3 is 24.2 Å². The summed E-state index contributed by atoms with van der Waals surface area (Å²) in [5.41, 5.74) is 0.679. The van der Waals surface area contributed by atoms with Crippen molar-refractivity contribution in [3.8, 4) is 17.2 Å². The van der Waals surface area contributed by atoms with Gasteiger partial charge in [0.2, 0.25) is 10.0 Å². The Morgan fingerprint density at radius 2 is 1.58 bits per heavy atom. The van der Waals surface area contributed by atoms with E-state index in [-0.39, 0.29) is 45.0 Å². The lowest BCUT2D eigenvalue weighted by Gasteiger charge is -2.22. The van der Waals surface area contributed by atoms with Crippen LogP contribution in [0.4, 0.5) is 14.5 Å². The standard InChI is InChI=1S/C30H30Cl2F2N2O8S/c1-45(39,40)35-24-10-20(7-8-25(24)41-15-17-2-3-17)29(37)43-27(12-21-22(31)13-36(38)14-23(21)32)19-6-9-26(44-30(33)34)28(11-19)42-16-18-4-5-18/h6-11,13-14,17-18,27,30,35H,2-5,12,15-16H2,1H3/t27-/m0/s1. The van der Waals surface area contributed by atoms with Crippen molar-refractivity contribution in [2.24, 2.45) is 11.8 Å². The van der Waals surface area contributed by atoms with Gasteiger partial charge in [0.05, 0.1) is 30.7 Å². The molecule has 5 rings (SSSR count). The molecule has 2 saturated carbocycles. The van der Waals surface area contributed by atoms with E-state index in [0.29, 0.717) is 40.9 Å². The zero-order valence-electron chi connectivity index (χ0n) is 24.0. The number of benzene rings is 2. The van der Waals surface area contributed by atoms with Crippen LogP contribution in [-0.4, -0.2) is 40.5 Å². The Bertz CT molecular complexity index is 1650. The molecule has 2 fully saturated rings. The van der Waals surface area contributed by atoms with Gasteiger partial charge in [0.25, 0.3) is 0 Å². The average molecular weight is 688 g/mol. The number of anilines is 1. The summed E-state index contributed by atoms with van der Waals surface area (Å²) in [6, 6.07) is 8.35. The summed E-state index contributed by atoms with van der Waals surface area (Å²) in [5.74, 6) is -0.0682. The number of halogens is 4. The third-order valence-corrected chi connectivity index (χ3v) is 8.35. The monoisotopic (exact) mass is 686 g/mol. The molecule has 3 aromatic rings. The predicted octanol–water partition coefficient (Wildman–Crippen LogP) is 6.32. The lowest BCUT2D eigenvalue weighted by Crippen LogP contribution is -2.25. The van der Waals surface area contributed by atoms with E-state index in [1.54, 1.807) is 0 Å². The first-order chi connectivity index (χ1) is 21.3. The lowest BCUT2D eigenvalue weighted by molar-refractivity contribution is -0.605. The quantitative estimate of drug-likeness (QED) is 0.112. The van der Waals surface area contributed by atoms with E-state index in [2.05, 4.69) is 9.46 Å². The first-order valence-electron chi connectivity index (χ1n) is 14.1. The van der Waals surface area contributed by atoms with Gasteiger partial charge in [0, 0.05) is 12.0 Å². The molecule has 1 N–H and O–H groups in total. The van der Waals surface area contributed by atoms with Crippen molar-refractivity contribution < 1.29 is 45.7 Å². The number of nitrogens with one attached hydrogen (secondary N) is 1. The number of carbonyl (C=O) groups is 1. The van der Waals surface area contributed by atoms with Gasteiger partial charge >= 0.3 is 12.6 Å². The number of hydrogen-bond donors (Lipinski definition) is 1. The van der Waals surface area contributed by atoms with Crippen LogP contribution in [0.5, 0.6) is 17.2 Å². The third-order valence-electron chi connectivity index (χ3n) is 7.11. The Hall–Kier alpha value is -3.55. The van der Waals surface area contributed by atoms with Crippen LogP contribution >= 0.6 is 23.2 Å². The molecule has 15 heteroatoms. The van der Waals surface area contributed by atoms with Crippen LogP contribution in [0.15, 0.2) is 48.8 Å². The van der Waals surface area contributed by atoms with Crippen molar-refractivity contribution in [2.75, 3.05) is 24.2 Å². The highest BCUT2D eigenvalue weighted by molar-refractivity contribution is 7.92. The van der Waals surface area contributed by atoms with Crippen LogP contribution in [0.3, 0.4) is 0 Å².